The number of hydrogen-bond acceptors (Lipinski definition) is 4. The smallest absolute Gasteiger partial charge is 0.180 e. The fourth-order valence-electron chi connectivity index (χ4n) is 1.80. The fourth-order valence-corrected chi connectivity index (χ4v) is 2.39. The van der Waals surface area contributed by atoms with E-state index in [1.807, 2.05) is 13.1 Å². The van der Waals surface area contributed by atoms with E-state index >= 15 is 0 Å². The van der Waals surface area contributed by atoms with Crippen molar-refractivity contribution < 1.29 is 0 Å². The van der Waals surface area contributed by atoms with Gasteiger partial charge in [-0.3, -0.25) is 4.68 Å². The lowest BCUT2D eigenvalue weighted by atomic mass is 10.3. The molecule has 0 aliphatic heterocycles. The summed E-state index contributed by atoms with van der Waals surface area (Å²) in [5.41, 5.74) is 1.92. The van der Waals surface area contributed by atoms with E-state index in [0.29, 0.717) is 5.82 Å². The van der Waals surface area contributed by atoms with Gasteiger partial charge in [-0.1, -0.05) is 13.8 Å². The van der Waals surface area contributed by atoms with Crippen LogP contribution < -0.4 is 5.32 Å². The Morgan fingerprint density at radius 1 is 1.32 bits per heavy atom. The lowest BCUT2D eigenvalue weighted by molar-refractivity contribution is 0.768. The molecule has 0 aromatic carbocycles. The number of aromatic nitrogens is 4. The van der Waals surface area contributed by atoms with Crippen LogP contribution in [-0.2, 0) is 13.5 Å². The number of halogens is 1. The second kappa shape index (κ2) is 6.14. The van der Waals surface area contributed by atoms with Crippen LogP contribution in [0.25, 0.3) is 11.5 Å². The number of hydrogen-bond donors (Lipinski definition) is 1. The number of nitrogens with zero attached hydrogens (tertiary/aromatic N) is 4. The highest BCUT2D eigenvalue weighted by Crippen LogP contribution is 2.27. The first-order chi connectivity index (χ1) is 9.17. The van der Waals surface area contributed by atoms with Crippen molar-refractivity contribution in [3.8, 4) is 11.5 Å². The van der Waals surface area contributed by atoms with Gasteiger partial charge in [0.2, 0.25) is 0 Å². The van der Waals surface area contributed by atoms with Crippen LogP contribution in [0.4, 0.5) is 5.82 Å². The van der Waals surface area contributed by atoms with Gasteiger partial charge in [-0.15, -0.1) is 0 Å². The normalized spacial score (nSPS) is 10.7. The van der Waals surface area contributed by atoms with Gasteiger partial charge in [0.05, 0.1) is 10.2 Å². The highest BCUT2D eigenvalue weighted by atomic mass is 79.9. The number of anilines is 1. The van der Waals surface area contributed by atoms with E-state index in [1.165, 1.54) is 0 Å². The van der Waals surface area contributed by atoms with Crippen molar-refractivity contribution in [2.24, 2.45) is 7.05 Å². The highest BCUT2D eigenvalue weighted by molar-refractivity contribution is 9.10. The average molecular weight is 324 g/mol. The molecule has 0 bridgehead atoms. The topological polar surface area (TPSA) is 55.6 Å². The Morgan fingerprint density at radius 2 is 2.11 bits per heavy atom. The van der Waals surface area contributed by atoms with Crippen LogP contribution in [0.3, 0.4) is 0 Å². The molecule has 102 valence electrons. The van der Waals surface area contributed by atoms with Crippen molar-refractivity contribution >= 4 is 21.7 Å². The summed E-state index contributed by atoms with van der Waals surface area (Å²) in [5.74, 6) is 1.56. The maximum Gasteiger partial charge on any atom is 0.180 e. The van der Waals surface area contributed by atoms with E-state index in [4.69, 9.17) is 0 Å². The summed E-state index contributed by atoms with van der Waals surface area (Å²) < 4.78 is 2.74. The van der Waals surface area contributed by atoms with Crippen molar-refractivity contribution in [1.82, 2.24) is 19.7 Å². The first-order valence-electron chi connectivity index (χ1n) is 6.46. The molecular weight excluding hydrogens is 306 g/mol. The summed E-state index contributed by atoms with van der Waals surface area (Å²) in [6.07, 6.45) is 3.67. The van der Waals surface area contributed by atoms with Crippen LogP contribution in [0.1, 0.15) is 26.0 Å². The van der Waals surface area contributed by atoms with E-state index in [2.05, 4.69) is 50.2 Å². The van der Waals surface area contributed by atoms with Gasteiger partial charge in [0, 0.05) is 19.8 Å². The predicted molar refractivity (Wildman–Crippen MR) is 80.1 cm³/mol. The van der Waals surface area contributed by atoms with Gasteiger partial charge in [-0.2, -0.15) is 5.10 Å². The van der Waals surface area contributed by atoms with Gasteiger partial charge >= 0.3 is 0 Å². The van der Waals surface area contributed by atoms with Gasteiger partial charge < -0.3 is 5.32 Å². The molecule has 0 atom stereocenters. The first-order valence-corrected chi connectivity index (χ1v) is 7.25. The van der Waals surface area contributed by atoms with E-state index in [0.717, 1.165) is 41.1 Å². The summed E-state index contributed by atoms with van der Waals surface area (Å²) in [5, 5.41) is 7.50. The Labute approximate surface area is 121 Å². The average Bonchev–Trinajstić information content (AvgIpc) is 2.84. The summed E-state index contributed by atoms with van der Waals surface area (Å²) in [6, 6.07) is 1.92. The molecule has 2 aromatic heterocycles. The van der Waals surface area contributed by atoms with Crippen molar-refractivity contribution in [2.75, 3.05) is 11.9 Å². The molecular formula is C13H18BrN5. The van der Waals surface area contributed by atoms with Crippen molar-refractivity contribution in [2.45, 2.75) is 26.7 Å². The minimum Gasteiger partial charge on any atom is -0.369 e. The molecule has 0 saturated heterocycles. The minimum atomic E-state index is 0.707. The first kappa shape index (κ1) is 14.0. The van der Waals surface area contributed by atoms with Crippen LogP contribution in [0.5, 0.6) is 0 Å². The molecule has 1 N–H and O–H groups in total. The Hall–Kier alpha value is -1.43. The third-order valence-electron chi connectivity index (χ3n) is 2.85. The van der Waals surface area contributed by atoms with E-state index in [-0.39, 0.29) is 0 Å². The van der Waals surface area contributed by atoms with Crippen LogP contribution in [0.15, 0.2) is 16.7 Å². The molecule has 0 radical (unpaired) electrons. The van der Waals surface area contributed by atoms with Crippen LogP contribution in [0, 0.1) is 0 Å². The maximum atomic E-state index is 4.60. The standard InChI is InChI=1S/C13H18BrN5/c1-4-7-15-13-11(14)9(5-2)17-12(18-13)10-6-8-16-19(10)3/h6,8H,4-5,7H2,1-3H3,(H,15,17,18). The predicted octanol–water partition coefficient (Wildman–Crippen LogP) is 3.02. The third-order valence-corrected chi connectivity index (χ3v) is 3.68. The summed E-state index contributed by atoms with van der Waals surface area (Å²) in [6.45, 7) is 5.11. The number of aryl methyl sites for hydroxylation is 2. The Kier molecular flexibility index (Phi) is 4.52. The monoisotopic (exact) mass is 323 g/mol. The molecule has 2 aromatic rings. The van der Waals surface area contributed by atoms with E-state index in [1.54, 1.807) is 10.9 Å². The van der Waals surface area contributed by atoms with Crippen LogP contribution in [0.2, 0.25) is 0 Å². The zero-order valence-electron chi connectivity index (χ0n) is 11.4. The van der Waals surface area contributed by atoms with Crippen molar-refractivity contribution in [1.29, 1.82) is 0 Å². The summed E-state index contributed by atoms with van der Waals surface area (Å²) in [7, 11) is 1.89. The minimum absolute atomic E-state index is 0.707. The number of rotatable bonds is 5. The second-order valence-electron chi connectivity index (χ2n) is 4.28. The van der Waals surface area contributed by atoms with Gasteiger partial charge in [0.1, 0.15) is 11.5 Å². The zero-order chi connectivity index (χ0) is 13.8. The van der Waals surface area contributed by atoms with Crippen LogP contribution >= 0.6 is 15.9 Å². The SMILES string of the molecule is CCCNc1nc(-c2ccnn2C)nc(CC)c1Br. The van der Waals surface area contributed by atoms with Gasteiger partial charge in [-0.25, -0.2) is 9.97 Å². The maximum absolute atomic E-state index is 4.60. The Balaban J connectivity index is 2.47. The lowest BCUT2D eigenvalue weighted by Gasteiger charge is -2.11. The zero-order valence-corrected chi connectivity index (χ0v) is 13.0. The van der Waals surface area contributed by atoms with Gasteiger partial charge in [-0.05, 0) is 34.8 Å². The molecule has 0 spiro atoms. The molecule has 0 amide bonds. The fraction of sp³-hybridized carbons (Fsp3) is 0.462. The molecule has 0 unspecified atom stereocenters. The summed E-state index contributed by atoms with van der Waals surface area (Å²) in [4.78, 5) is 9.20. The van der Waals surface area contributed by atoms with E-state index in [9.17, 15) is 0 Å². The quantitative estimate of drug-likeness (QED) is 0.918. The molecule has 19 heavy (non-hydrogen) atoms. The Morgan fingerprint density at radius 3 is 2.68 bits per heavy atom. The molecule has 5 nitrogen and oxygen atoms in total. The molecule has 2 rings (SSSR count). The number of nitrogens with one attached hydrogen (secondary N) is 1. The summed E-state index contributed by atoms with van der Waals surface area (Å²) >= 11 is 3.58. The van der Waals surface area contributed by atoms with Crippen LogP contribution in [-0.4, -0.2) is 26.3 Å². The third kappa shape index (κ3) is 2.94. The molecule has 0 aliphatic rings. The molecule has 2 heterocycles. The Bertz CT molecular complexity index is 564. The largest absolute Gasteiger partial charge is 0.369 e. The van der Waals surface area contributed by atoms with Crippen molar-refractivity contribution in [3.63, 3.8) is 0 Å². The van der Waals surface area contributed by atoms with Crippen molar-refractivity contribution in [3.05, 3.63) is 22.4 Å². The molecule has 0 aliphatic carbocycles. The highest BCUT2D eigenvalue weighted by Gasteiger charge is 2.13. The van der Waals surface area contributed by atoms with Gasteiger partial charge in [0.25, 0.3) is 0 Å². The second-order valence-corrected chi connectivity index (χ2v) is 5.07. The molecule has 0 fully saturated rings. The molecule has 6 heteroatoms. The lowest BCUT2D eigenvalue weighted by Crippen LogP contribution is -2.08. The van der Waals surface area contributed by atoms with Gasteiger partial charge in [0.15, 0.2) is 5.82 Å². The van der Waals surface area contributed by atoms with E-state index < -0.39 is 0 Å². The molecule has 0 saturated carbocycles.